The van der Waals surface area contributed by atoms with E-state index in [1.165, 1.54) is 0 Å². The van der Waals surface area contributed by atoms with Gasteiger partial charge in [-0.1, -0.05) is 6.07 Å². The smallest absolute Gasteiger partial charge is 0.224 e. The summed E-state index contributed by atoms with van der Waals surface area (Å²) in [6.07, 6.45) is 4.35. The lowest BCUT2D eigenvalue weighted by atomic mass is 10.0. The molecular formula is C25H30N2O5. The van der Waals surface area contributed by atoms with Crippen molar-refractivity contribution >= 4 is 23.2 Å². The molecule has 0 bridgehead atoms. The molecule has 2 aliphatic heterocycles. The van der Waals surface area contributed by atoms with Gasteiger partial charge in [-0.3, -0.25) is 9.59 Å². The molecule has 7 heteroatoms. The highest BCUT2D eigenvalue weighted by molar-refractivity contribution is 5.94. The first-order valence-corrected chi connectivity index (χ1v) is 11.3. The average Bonchev–Trinajstić information content (AvgIpc) is 3.30. The van der Waals surface area contributed by atoms with Crippen molar-refractivity contribution in [3.8, 4) is 11.5 Å². The lowest BCUT2D eigenvalue weighted by molar-refractivity contribution is -0.117. The molecule has 2 aromatic rings. The highest BCUT2D eigenvalue weighted by Crippen LogP contribution is 2.28. The van der Waals surface area contributed by atoms with Crippen LogP contribution in [0.5, 0.6) is 11.5 Å². The molecule has 0 spiro atoms. The van der Waals surface area contributed by atoms with E-state index in [0.717, 1.165) is 42.0 Å². The summed E-state index contributed by atoms with van der Waals surface area (Å²) in [5, 5.41) is 5.82. The van der Waals surface area contributed by atoms with Gasteiger partial charge in [0.2, 0.25) is 11.8 Å². The first kappa shape index (κ1) is 22.1. The van der Waals surface area contributed by atoms with Crippen molar-refractivity contribution in [1.82, 2.24) is 0 Å². The van der Waals surface area contributed by atoms with Crippen LogP contribution in [0.4, 0.5) is 11.4 Å². The van der Waals surface area contributed by atoms with E-state index in [2.05, 4.69) is 10.6 Å². The average molecular weight is 439 g/mol. The summed E-state index contributed by atoms with van der Waals surface area (Å²) in [6, 6.07) is 11.4. The van der Waals surface area contributed by atoms with Gasteiger partial charge in [0.25, 0.3) is 0 Å². The quantitative estimate of drug-likeness (QED) is 0.572. The Kier molecular flexibility index (Phi) is 7.27. The minimum absolute atomic E-state index is 0.0474. The Balaban J connectivity index is 1.23. The number of fused-ring (bicyclic) bond motifs is 1. The second kappa shape index (κ2) is 10.5. The summed E-state index contributed by atoms with van der Waals surface area (Å²) in [4.78, 5) is 23.9. The van der Waals surface area contributed by atoms with Gasteiger partial charge in [-0.05, 0) is 74.1 Å². The molecule has 2 heterocycles. The van der Waals surface area contributed by atoms with Crippen molar-refractivity contribution in [2.24, 2.45) is 0 Å². The molecule has 170 valence electrons. The fourth-order valence-electron chi connectivity index (χ4n) is 3.90. The molecule has 0 radical (unpaired) electrons. The van der Waals surface area contributed by atoms with Gasteiger partial charge in [-0.15, -0.1) is 0 Å². The van der Waals surface area contributed by atoms with E-state index >= 15 is 0 Å². The van der Waals surface area contributed by atoms with E-state index in [0.29, 0.717) is 50.3 Å². The van der Waals surface area contributed by atoms with Gasteiger partial charge in [-0.25, -0.2) is 0 Å². The Morgan fingerprint density at radius 2 is 2.09 bits per heavy atom. The van der Waals surface area contributed by atoms with Gasteiger partial charge in [0.15, 0.2) is 0 Å². The van der Waals surface area contributed by atoms with Crippen LogP contribution in [0, 0.1) is 6.92 Å². The fraction of sp³-hybridized carbons (Fsp3) is 0.440. The summed E-state index contributed by atoms with van der Waals surface area (Å²) in [6.45, 7) is 3.71. The maximum atomic E-state index is 12.5. The molecule has 4 rings (SSSR count). The summed E-state index contributed by atoms with van der Waals surface area (Å²) in [5.41, 5.74) is 3.68. The summed E-state index contributed by atoms with van der Waals surface area (Å²) < 4.78 is 17.4. The zero-order chi connectivity index (χ0) is 22.3. The lowest BCUT2D eigenvalue weighted by Gasteiger charge is -2.17. The van der Waals surface area contributed by atoms with Crippen molar-refractivity contribution in [1.29, 1.82) is 0 Å². The second-order valence-corrected chi connectivity index (χ2v) is 8.31. The minimum atomic E-state index is -0.0763. The largest absolute Gasteiger partial charge is 0.494 e. The van der Waals surface area contributed by atoms with Crippen LogP contribution in [0.3, 0.4) is 0 Å². The molecule has 1 atom stereocenters. The van der Waals surface area contributed by atoms with Crippen molar-refractivity contribution in [2.75, 3.05) is 30.5 Å². The molecule has 2 amide bonds. The number of carbonyl (C=O) groups is 2. The highest BCUT2D eigenvalue weighted by Gasteiger charge is 2.18. The Hall–Kier alpha value is -3.06. The number of hydrogen-bond donors (Lipinski definition) is 2. The van der Waals surface area contributed by atoms with Crippen LogP contribution in [-0.4, -0.2) is 37.7 Å². The van der Waals surface area contributed by atoms with Gasteiger partial charge in [0.05, 0.1) is 18.4 Å². The minimum Gasteiger partial charge on any atom is -0.494 e. The molecule has 1 saturated heterocycles. The molecule has 7 nitrogen and oxygen atoms in total. The predicted octanol–water partition coefficient (Wildman–Crippen LogP) is 4.24. The summed E-state index contributed by atoms with van der Waals surface area (Å²) in [5.74, 6) is 1.40. The Labute approximate surface area is 188 Å². The Morgan fingerprint density at radius 3 is 2.94 bits per heavy atom. The van der Waals surface area contributed by atoms with Crippen LogP contribution in [0.2, 0.25) is 0 Å². The highest BCUT2D eigenvalue weighted by atomic mass is 16.5. The van der Waals surface area contributed by atoms with Crippen LogP contribution in [0.25, 0.3) is 0 Å². The number of aryl methyl sites for hydroxylation is 2. The summed E-state index contributed by atoms with van der Waals surface area (Å²) >= 11 is 0. The SMILES string of the molecule is Cc1ccc(NC(=O)CCCOc2ccc3c(c2)CCC(=O)N3)c(OCC2CCCO2)c1. The Bertz CT molecular complexity index is 969. The van der Waals surface area contributed by atoms with Gasteiger partial charge in [0.1, 0.15) is 18.1 Å². The second-order valence-electron chi connectivity index (χ2n) is 8.31. The number of nitrogens with one attached hydrogen (secondary N) is 2. The Morgan fingerprint density at radius 1 is 1.19 bits per heavy atom. The number of amides is 2. The number of benzene rings is 2. The first-order chi connectivity index (χ1) is 15.6. The third-order valence-electron chi connectivity index (χ3n) is 5.65. The maximum Gasteiger partial charge on any atom is 0.224 e. The van der Waals surface area contributed by atoms with Crippen LogP contribution >= 0.6 is 0 Å². The van der Waals surface area contributed by atoms with Crippen molar-refractivity contribution in [3.05, 3.63) is 47.5 Å². The third kappa shape index (κ3) is 6.01. The zero-order valence-electron chi connectivity index (χ0n) is 18.4. The van der Waals surface area contributed by atoms with E-state index in [1.54, 1.807) is 0 Å². The van der Waals surface area contributed by atoms with Crippen molar-refractivity contribution < 1.29 is 23.8 Å². The topological polar surface area (TPSA) is 85.9 Å². The number of ether oxygens (including phenoxy) is 3. The molecule has 2 aliphatic rings. The van der Waals surface area contributed by atoms with E-state index in [9.17, 15) is 9.59 Å². The van der Waals surface area contributed by atoms with Crippen molar-refractivity contribution in [2.45, 2.75) is 51.6 Å². The summed E-state index contributed by atoms with van der Waals surface area (Å²) in [7, 11) is 0. The van der Waals surface area contributed by atoms with E-state index in [-0.39, 0.29) is 17.9 Å². The van der Waals surface area contributed by atoms with E-state index in [1.807, 2.05) is 43.3 Å². The molecule has 1 unspecified atom stereocenters. The van der Waals surface area contributed by atoms with Crippen molar-refractivity contribution in [3.63, 3.8) is 0 Å². The maximum absolute atomic E-state index is 12.5. The number of hydrogen-bond acceptors (Lipinski definition) is 5. The number of rotatable bonds is 9. The van der Waals surface area contributed by atoms with Crippen LogP contribution in [0.1, 0.15) is 43.2 Å². The molecule has 0 aliphatic carbocycles. The third-order valence-corrected chi connectivity index (χ3v) is 5.65. The van der Waals surface area contributed by atoms with Crippen LogP contribution in [0.15, 0.2) is 36.4 Å². The zero-order valence-corrected chi connectivity index (χ0v) is 18.4. The lowest BCUT2D eigenvalue weighted by Crippen LogP contribution is -2.19. The molecule has 2 N–H and O–H groups in total. The predicted molar refractivity (Wildman–Crippen MR) is 122 cm³/mol. The molecule has 0 aromatic heterocycles. The van der Waals surface area contributed by atoms with Gasteiger partial charge in [0, 0.05) is 25.1 Å². The van der Waals surface area contributed by atoms with Gasteiger partial charge in [-0.2, -0.15) is 0 Å². The number of carbonyl (C=O) groups excluding carboxylic acids is 2. The normalized spacial score (nSPS) is 17.4. The van der Waals surface area contributed by atoms with Crippen LogP contribution < -0.4 is 20.1 Å². The molecule has 2 aromatic carbocycles. The van der Waals surface area contributed by atoms with Crippen LogP contribution in [-0.2, 0) is 20.7 Å². The monoisotopic (exact) mass is 438 g/mol. The standard InChI is InChI=1S/C25H30N2O5/c1-17-6-9-22(23(14-17)32-16-20-4-2-12-31-20)27-24(28)5-3-13-30-19-8-10-21-18(15-19)7-11-25(29)26-21/h6,8-10,14-15,20H,2-5,7,11-13,16H2,1H3,(H,26,29)(H,27,28). The molecular weight excluding hydrogens is 408 g/mol. The molecule has 32 heavy (non-hydrogen) atoms. The first-order valence-electron chi connectivity index (χ1n) is 11.3. The van der Waals surface area contributed by atoms with E-state index < -0.39 is 0 Å². The molecule has 0 saturated carbocycles. The fourth-order valence-corrected chi connectivity index (χ4v) is 3.90. The molecule has 1 fully saturated rings. The number of anilines is 2. The van der Waals surface area contributed by atoms with Gasteiger partial charge < -0.3 is 24.8 Å². The van der Waals surface area contributed by atoms with Gasteiger partial charge >= 0.3 is 0 Å². The van der Waals surface area contributed by atoms with E-state index in [4.69, 9.17) is 14.2 Å².